The molecule has 1 heterocycles. The van der Waals surface area contributed by atoms with Crippen molar-refractivity contribution in [3.05, 3.63) is 65.5 Å². The Bertz CT molecular complexity index is 858. The summed E-state index contributed by atoms with van der Waals surface area (Å²) in [6, 6.07) is 10.5. The van der Waals surface area contributed by atoms with E-state index >= 15 is 0 Å². The molecule has 0 saturated heterocycles. The van der Waals surface area contributed by atoms with E-state index in [0.717, 1.165) is 30.6 Å². The third kappa shape index (κ3) is 6.17. The van der Waals surface area contributed by atoms with Gasteiger partial charge in [0, 0.05) is 12.2 Å². The van der Waals surface area contributed by atoms with Crippen LogP contribution in [0.4, 0.5) is 11.4 Å². The van der Waals surface area contributed by atoms with E-state index in [1.165, 1.54) is 18.4 Å². The summed E-state index contributed by atoms with van der Waals surface area (Å²) in [5, 5.41) is 6.14. The monoisotopic (exact) mass is 393 g/mol. The van der Waals surface area contributed by atoms with Crippen LogP contribution in [0.15, 0.2) is 54.2 Å². The molecule has 6 nitrogen and oxygen atoms in total. The van der Waals surface area contributed by atoms with Gasteiger partial charge in [-0.3, -0.25) is 4.79 Å². The molecule has 2 aromatic rings. The van der Waals surface area contributed by atoms with Crippen molar-refractivity contribution in [3.8, 4) is 0 Å². The van der Waals surface area contributed by atoms with Crippen LogP contribution < -0.4 is 10.6 Å². The van der Waals surface area contributed by atoms with E-state index < -0.39 is 0 Å². The molecule has 2 N–H and O–H groups in total. The smallest absolute Gasteiger partial charge is 0.338 e. The topological polar surface area (TPSA) is 80.3 Å². The molecule has 152 valence electrons. The summed E-state index contributed by atoms with van der Waals surface area (Å²) in [5.41, 5.74) is 3.92. The number of pyridine rings is 1. The van der Waals surface area contributed by atoms with Crippen LogP contribution in [0, 0.1) is 0 Å². The number of nitrogens with zero attached hydrogens (tertiary/aromatic N) is 1. The molecule has 1 amide bonds. The minimum Gasteiger partial charge on any atom is -0.462 e. The van der Waals surface area contributed by atoms with Crippen molar-refractivity contribution in [2.24, 2.45) is 0 Å². The van der Waals surface area contributed by atoms with Gasteiger partial charge < -0.3 is 15.4 Å². The van der Waals surface area contributed by atoms with Crippen LogP contribution in [-0.2, 0) is 4.74 Å². The van der Waals surface area contributed by atoms with Gasteiger partial charge in [0.15, 0.2) is 0 Å². The molecule has 0 fully saturated rings. The Morgan fingerprint density at radius 2 is 1.86 bits per heavy atom. The van der Waals surface area contributed by atoms with Crippen molar-refractivity contribution in [3.63, 3.8) is 0 Å². The quantitative estimate of drug-likeness (QED) is 0.505. The number of rotatable bonds is 8. The van der Waals surface area contributed by atoms with Crippen molar-refractivity contribution < 1.29 is 14.3 Å². The highest BCUT2D eigenvalue weighted by Gasteiger charge is 2.09. The molecule has 0 unspecified atom stereocenters. The number of benzene rings is 1. The molecule has 0 radical (unpaired) electrons. The molecule has 1 aromatic carbocycles. The van der Waals surface area contributed by atoms with Gasteiger partial charge in [0.1, 0.15) is 5.69 Å². The number of carbonyl (C=O) groups excluding carboxylic acids is 2. The first-order chi connectivity index (χ1) is 14.2. The zero-order chi connectivity index (χ0) is 20.5. The number of allylic oxidation sites excluding steroid dienone is 1. The Labute approximate surface area is 171 Å². The van der Waals surface area contributed by atoms with Gasteiger partial charge in [-0.2, -0.15) is 0 Å². The molecule has 1 aliphatic carbocycles. The summed E-state index contributed by atoms with van der Waals surface area (Å²) in [7, 11) is 0. The molecular formula is C23H27N3O3. The summed E-state index contributed by atoms with van der Waals surface area (Å²) in [6.07, 6.45) is 9.66. The Morgan fingerprint density at radius 1 is 1.07 bits per heavy atom. The van der Waals surface area contributed by atoms with E-state index in [0.29, 0.717) is 24.4 Å². The number of amides is 1. The van der Waals surface area contributed by atoms with E-state index in [2.05, 4.69) is 21.7 Å². The normalized spacial score (nSPS) is 13.3. The van der Waals surface area contributed by atoms with Crippen molar-refractivity contribution in [2.45, 2.75) is 39.0 Å². The Morgan fingerprint density at radius 3 is 2.52 bits per heavy atom. The summed E-state index contributed by atoms with van der Waals surface area (Å²) >= 11 is 0. The second kappa shape index (κ2) is 10.4. The van der Waals surface area contributed by atoms with Gasteiger partial charge >= 0.3 is 5.97 Å². The first-order valence-electron chi connectivity index (χ1n) is 10.1. The number of hydrogen-bond donors (Lipinski definition) is 2. The minimum absolute atomic E-state index is 0.160. The molecule has 1 aromatic heterocycles. The predicted molar refractivity (Wildman–Crippen MR) is 113 cm³/mol. The largest absolute Gasteiger partial charge is 0.462 e. The van der Waals surface area contributed by atoms with E-state index in [1.807, 2.05) is 6.07 Å². The lowest BCUT2D eigenvalue weighted by Crippen LogP contribution is -2.25. The highest BCUT2D eigenvalue weighted by atomic mass is 16.5. The molecule has 3 rings (SSSR count). The SMILES string of the molecule is CCOC(=O)c1ccc(Nc2ccc(C(=O)NCCC3=CCCCC3)nc2)cc1. The fourth-order valence-corrected chi connectivity index (χ4v) is 3.23. The van der Waals surface area contributed by atoms with Gasteiger partial charge in [-0.15, -0.1) is 0 Å². The highest BCUT2D eigenvalue weighted by Crippen LogP contribution is 2.20. The van der Waals surface area contributed by atoms with Crippen LogP contribution in [0.1, 0.15) is 59.9 Å². The van der Waals surface area contributed by atoms with Gasteiger partial charge in [-0.1, -0.05) is 11.6 Å². The molecule has 6 heteroatoms. The first kappa shape index (κ1) is 20.6. The molecule has 0 atom stereocenters. The summed E-state index contributed by atoms with van der Waals surface area (Å²) in [6.45, 7) is 2.76. The van der Waals surface area contributed by atoms with Crippen LogP contribution in [0.3, 0.4) is 0 Å². The number of carbonyl (C=O) groups is 2. The van der Waals surface area contributed by atoms with Crippen molar-refractivity contribution in [1.29, 1.82) is 0 Å². The number of esters is 1. The molecule has 1 aliphatic rings. The Kier molecular flexibility index (Phi) is 7.39. The lowest BCUT2D eigenvalue weighted by atomic mass is 9.97. The van der Waals surface area contributed by atoms with E-state index in [9.17, 15) is 9.59 Å². The van der Waals surface area contributed by atoms with Crippen molar-refractivity contribution in [2.75, 3.05) is 18.5 Å². The van der Waals surface area contributed by atoms with Gasteiger partial charge in [-0.05, 0) is 75.4 Å². The number of aromatic nitrogens is 1. The second-order valence-corrected chi connectivity index (χ2v) is 6.97. The molecule has 0 spiro atoms. The molecule has 29 heavy (non-hydrogen) atoms. The number of ether oxygens (including phenoxy) is 1. The van der Waals surface area contributed by atoms with Crippen LogP contribution in [-0.4, -0.2) is 30.0 Å². The van der Waals surface area contributed by atoms with Crippen LogP contribution in [0.5, 0.6) is 0 Å². The van der Waals surface area contributed by atoms with Crippen LogP contribution in [0.25, 0.3) is 0 Å². The summed E-state index contributed by atoms with van der Waals surface area (Å²) in [4.78, 5) is 28.2. The number of nitrogens with one attached hydrogen (secondary N) is 2. The maximum Gasteiger partial charge on any atom is 0.338 e. The number of hydrogen-bond acceptors (Lipinski definition) is 5. The standard InChI is InChI=1S/C23H27N3O3/c1-2-29-23(28)18-8-10-19(11-9-18)26-20-12-13-21(25-16-20)22(27)24-15-14-17-6-4-3-5-7-17/h6,8-13,16,26H,2-5,7,14-15H2,1H3,(H,24,27). The minimum atomic E-state index is -0.337. The average Bonchev–Trinajstić information content (AvgIpc) is 2.75. The van der Waals surface area contributed by atoms with Crippen LogP contribution in [0.2, 0.25) is 0 Å². The average molecular weight is 393 g/mol. The fourth-order valence-electron chi connectivity index (χ4n) is 3.23. The van der Waals surface area contributed by atoms with E-state index in [4.69, 9.17) is 4.74 Å². The summed E-state index contributed by atoms with van der Waals surface area (Å²) < 4.78 is 4.97. The molecule has 0 bridgehead atoms. The number of anilines is 2. The lowest BCUT2D eigenvalue weighted by Gasteiger charge is -2.13. The van der Waals surface area contributed by atoms with Gasteiger partial charge in [0.05, 0.1) is 24.1 Å². The zero-order valence-electron chi connectivity index (χ0n) is 16.7. The first-order valence-corrected chi connectivity index (χ1v) is 10.1. The Hall–Kier alpha value is -3.15. The van der Waals surface area contributed by atoms with Crippen molar-refractivity contribution in [1.82, 2.24) is 10.3 Å². The molecule has 0 saturated carbocycles. The van der Waals surface area contributed by atoms with E-state index in [1.54, 1.807) is 43.5 Å². The third-order valence-corrected chi connectivity index (χ3v) is 4.80. The van der Waals surface area contributed by atoms with Crippen LogP contribution >= 0.6 is 0 Å². The zero-order valence-corrected chi connectivity index (χ0v) is 16.7. The Balaban J connectivity index is 1.49. The van der Waals surface area contributed by atoms with Crippen molar-refractivity contribution >= 4 is 23.3 Å². The molecule has 0 aliphatic heterocycles. The lowest BCUT2D eigenvalue weighted by molar-refractivity contribution is 0.0526. The summed E-state index contributed by atoms with van der Waals surface area (Å²) in [5.74, 6) is -0.498. The third-order valence-electron chi connectivity index (χ3n) is 4.80. The van der Waals surface area contributed by atoms with Gasteiger partial charge in [0.25, 0.3) is 5.91 Å². The predicted octanol–water partition coefficient (Wildman–Crippen LogP) is 4.62. The second-order valence-electron chi connectivity index (χ2n) is 6.97. The van der Waals surface area contributed by atoms with Gasteiger partial charge in [0.2, 0.25) is 0 Å². The van der Waals surface area contributed by atoms with Gasteiger partial charge in [-0.25, -0.2) is 9.78 Å². The maximum atomic E-state index is 12.3. The maximum absolute atomic E-state index is 12.3. The highest BCUT2D eigenvalue weighted by molar-refractivity contribution is 5.92. The fraction of sp³-hybridized carbons (Fsp3) is 0.348. The van der Waals surface area contributed by atoms with E-state index in [-0.39, 0.29) is 11.9 Å². The molecular weight excluding hydrogens is 366 g/mol.